The molecule has 15 heavy (non-hydrogen) atoms. The minimum atomic E-state index is 0.833. The summed E-state index contributed by atoms with van der Waals surface area (Å²) in [6.45, 7) is 5.23. The maximum Gasteiger partial charge on any atom is 0.122 e. The molecule has 0 amide bonds. The lowest BCUT2D eigenvalue weighted by Crippen LogP contribution is -1.99. The molecule has 0 fully saturated rings. The lowest BCUT2D eigenvalue weighted by atomic mass is 10.1. The maximum atomic E-state index is 5.75. The van der Waals surface area contributed by atoms with Gasteiger partial charge in [0, 0.05) is 0 Å². The number of unbranched alkanes of at least 4 members (excludes halogenated alkanes) is 2. The van der Waals surface area contributed by atoms with E-state index in [0.29, 0.717) is 0 Å². The van der Waals surface area contributed by atoms with Crippen molar-refractivity contribution in [1.82, 2.24) is 0 Å². The molecule has 0 aliphatic carbocycles. The smallest absolute Gasteiger partial charge is 0.122 e. The van der Waals surface area contributed by atoms with Gasteiger partial charge in [-0.2, -0.15) is 0 Å². The van der Waals surface area contributed by atoms with Gasteiger partial charge in [-0.3, -0.25) is 0 Å². The summed E-state index contributed by atoms with van der Waals surface area (Å²) in [5.41, 5.74) is 1.30. The maximum absolute atomic E-state index is 5.75. The van der Waals surface area contributed by atoms with E-state index in [1.165, 1.54) is 24.8 Å². The molecule has 0 atom stereocenters. The molecule has 0 aliphatic rings. The summed E-state index contributed by atoms with van der Waals surface area (Å²) in [6.07, 6.45) is 5.87. The Morgan fingerprint density at radius 1 is 1.20 bits per heavy atom. The zero-order chi connectivity index (χ0) is 10.9. The van der Waals surface area contributed by atoms with Crippen molar-refractivity contribution in [1.29, 1.82) is 0 Å². The van der Waals surface area contributed by atoms with E-state index >= 15 is 0 Å². The van der Waals surface area contributed by atoms with E-state index in [9.17, 15) is 0 Å². The van der Waals surface area contributed by atoms with Crippen molar-refractivity contribution in [3.63, 3.8) is 0 Å². The van der Waals surface area contributed by atoms with E-state index in [4.69, 9.17) is 4.74 Å². The van der Waals surface area contributed by atoms with Crippen LogP contribution in [-0.4, -0.2) is 6.61 Å². The predicted molar refractivity (Wildman–Crippen MR) is 64.3 cm³/mol. The molecule has 1 rings (SSSR count). The molecule has 0 N–H and O–H groups in total. The molecule has 0 bridgehead atoms. The highest BCUT2D eigenvalue weighted by atomic mass is 16.5. The molecule has 0 spiro atoms. The molecule has 1 radical (unpaired) electrons. The number of rotatable bonds is 7. The SMILES string of the molecule is CCCCOc1cc[c]cc1CCCC. The topological polar surface area (TPSA) is 9.23 Å². The van der Waals surface area contributed by atoms with Gasteiger partial charge in [0.15, 0.2) is 0 Å². The van der Waals surface area contributed by atoms with Crippen LogP contribution in [0.2, 0.25) is 0 Å². The summed E-state index contributed by atoms with van der Waals surface area (Å²) in [4.78, 5) is 0. The van der Waals surface area contributed by atoms with Crippen molar-refractivity contribution < 1.29 is 4.74 Å². The van der Waals surface area contributed by atoms with Gasteiger partial charge in [-0.25, -0.2) is 0 Å². The van der Waals surface area contributed by atoms with Crippen molar-refractivity contribution in [2.24, 2.45) is 0 Å². The van der Waals surface area contributed by atoms with Gasteiger partial charge in [0.05, 0.1) is 6.61 Å². The van der Waals surface area contributed by atoms with Crippen LogP contribution in [0.5, 0.6) is 5.75 Å². The first-order valence-corrected chi connectivity index (χ1v) is 6.00. The minimum absolute atomic E-state index is 0.833. The van der Waals surface area contributed by atoms with E-state index in [1.807, 2.05) is 12.1 Å². The van der Waals surface area contributed by atoms with Crippen molar-refractivity contribution in [2.45, 2.75) is 46.0 Å². The third-order valence-corrected chi connectivity index (χ3v) is 2.46. The Hall–Kier alpha value is -0.980. The first kappa shape index (κ1) is 12.1. The average Bonchev–Trinajstić information content (AvgIpc) is 2.28. The third-order valence-electron chi connectivity index (χ3n) is 2.46. The van der Waals surface area contributed by atoms with Crippen LogP contribution in [0.1, 0.15) is 45.1 Å². The monoisotopic (exact) mass is 205 g/mol. The Bertz CT molecular complexity index is 268. The molecule has 1 aromatic rings. The highest BCUT2D eigenvalue weighted by Crippen LogP contribution is 2.20. The molecule has 0 saturated carbocycles. The van der Waals surface area contributed by atoms with Crippen molar-refractivity contribution >= 4 is 0 Å². The number of ether oxygens (including phenoxy) is 1. The number of hydrogen-bond acceptors (Lipinski definition) is 1. The van der Waals surface area contributed by atoms with Crippen LogP contribution in [0.25, 0.3) is 0 Å². The minimum Gasteiger partial charge on any atom is -0.493 e. The zero-order valence-corrected chi connectivity index (χ0v) is 9.88. The summed E-state index contributed by atoms with van der Waals surface area (Å²) in [7, 11) is 0. The molecule has 1 nitrogen and oxygen atoms in total. The Kier molecular flexibility index (Phi) is 5.91. The van der Waals surface area contributed by atoms with Gasteiger partial charge in [-0.05, 0) is 43.0 Å². The molecule has 0 heterocycles. The standard InChI is InChI=1S/C14H21O/c1-3-5-9-13-10-7-8-11-14(13)15-12-6-4-2/h8,10-11H,3-6,9,12H2,1-2H3. The largest absolute Gasteiger partial charge is 0.493 e. The van der Waals surface area contributed by atoms with Crippen LogP contribution >= 0.6 is 0 Å². The van der Waals surface area contributed by atoms with Gasteiger partial charge in [0.2, 0.25) is 0 Å². The van der Waals surface area contributed by atoms with E-state index in [0.717, 1.165) is 25.2 Å². The van der Waals surface area contributed by atoms with E-state index in [1.54, 1.807) is 0 Å². The molecule has 0 unspecified atom stereocenters. The van der Waals surface area contributed by atoms with Crippen LogP contribution in [-0.2, 0) is 6.42 Å². The molecule has 0 saturated heterocycles. The first-order valence-electron chi connectivity index (χ1n) is 6.00. The summed E-state index contributed by atoms with van der Waals surface area (Å²) < 4.78 is 5.75. The molecule has 83 valence electrons. The third kappa shape index (κ3) is 4.37. The zero-order valence-electron chi connectivity index (χ0n) is 9.88. The second-order valence-corrected chi connectivity index (χ2v) is 3.84. The van der Waals surface area contributed by atoms with Crippen LogP contribution in [0.4, 0.5) is 0 Å². The summed E-state index contributed by atoms with van der Waals surface area (Å²) in [5.74, 6) is 1.05. The highest BCUT2D eigenvalue weighted by molar-refractivity contribution is 5.32. The lowest BCUT2D eigenvalue weighted by Gasteiger charge is -2.10. The van der Waals surface area contributed by atoms with Crippen LogP contribution in [0.15, 0.2) is 18.2 Å². The van der Waals surface area contributed by atoms with Crippen molar-refractivity contribution in [2.75, 3.05) is 6.61 Å². The van der Waals surface area contributed by atoms with Gasteiger partial charge >= 0.3 is 0 Å². The van der Waals surface area contributed by atoms with Gasteiger partial charge in [0.1, 0.15) is 5.75 Å². The Morgan fingerprint density at radius 3 is 2.73 bits per heavy atom. The molecular formula is C14H21O. The second kappa shape index (κ2) is 7.33. The normalized spacial score (nSPS) is 10.3. The van der Waals surface area contributed by atoms with Gasteiger partial charge < -0.3 is 4.74 Å². The molecule has 1 heteroatoms. The first-order chi connectivity index (χ1) is 7.38. The predicted octanol–water partition coefficient (Wildman–Crippen LogP) is 4.01. The molecule has 0 aromatic heterocycles. The Balaban J connectivity index is 2.52. The van der Waals surface area contributed by atoms with E-state index in [2.05, 4.69) is 26.0 Å². The van der Waals surface area contributed by atoms with Crippen LogP contribution in [0, 0.1) is 6.07 Å². The Labute approximate surface area is 93.5 Å². The second-order valence-electron chi connectivity index (χ2n) is 3.84. The summed E-state index contributed by atoms with van der Waals surface area (Å²) in [6, 6.07) is 9.13. The number of hydrogen-bond donors (Lipinski definition) is 0. The fourth-order valence-electron chi connectivity index (χ4n) is 1.48. The number of aryl methyl sites for hydroxylation is 1. The highest BCUT2D eigenvalue weighted by Gasteiger charge is 2.01. The van der Waals surface area contributed by atoms with Gasteiger partial charge in [-0.15, -0.1) is 0 Å². The van der Waals surface area contributed by atoms with Crippen LogP contribution < -0.4 is 4.74 Å². The number of benzene rings is 1. The average molecular weight is 205 g/mol. The fraction of sp³-hybridized carbons (Fsp3) is 0.571. The molecule has 0 aliphatic heterocycles. The van der Waals surface area contributed by atoms with Crippen molar-refractivity contribution in [3.8, 4) is 5.75 Å². The summed E-state index contributed by atoms with van der Waals surface area (Å²) >= 11 is 0. The van der Waals surface area contributed by atoms with E-state index in [-0.39, 0.29) is 0 Å². The Morgan fingerprint density at radius 2 is 2.00 bits per heavy atom. The van der Waals surface area contributed by atoms with E-state index < -0.39 is 0 Å². The van der Waals surface area contributed by atoms with Gasteiger partial charge in [0.25, 0.3) is 0 Å². The lowest BCUT2D eigenvalue weighted by molar-refractivity contribution is 0.306. The molecular weight excluding hydrogens is 184 g/mol. The van der Waals surface area contributed by atoms with Crippen LogP contribution in [0.3, 0.4) is 0 Å². The fourth-order valence-corrected chi connectivity index (χ4v) is 1.48. The van der Waals surface area contributed by atoms with Gasteiger partial charge in [-0.1, -0.05) is 32.8 Å². The van der Waals surface area contributed by atoms with Crippen molar-refractivity contribution in [3.05, 3.63) is 29.8 Å². The quantitative estimate of drug-likeness (QED) is 0.611. The summed E-state index contributed by atoms with van der Waals surface area (Å²) in [5, 5.41) is 0. The molecule has 1 aromatic carbocycles.